The van der Waals surface area contributed by atoms with E-state index < -0.39 is 0 Å². The molecule has 0 fully saturated rings. The molecule has 49 heavy (non-hydrogen) atoms. The average Bonchev–Trinajstić information content (AvgIpc) is 3.74. The molecular formula is C47H31NO. The molecule has 2 nitrogen and oxygen atoms in total. The van der Waals surface area contributed by atoms with Gasteiger partial charge in [0.2, 0.25) is 0 Å². The minimum atomic E-state index is 0.912. The lowest BCUT2D eigenvalue weighted by Gasteiger charge is -2.28. The SMILES string of the molecule is c1ccc(-c2ccc(N(c3ccc4c(c3)Cc3ccccc3-4)c3cccc4c3ccc3c5ccccc5oc43)cc2-c2ccccc2)cc1. The van der Waals surface area contributed by atoms with Gasteiger partial charge in [-0.05, 0) is 93.4 Å². The molecule has 2 heteroatoms. The van der Waals surface area contributed by atoms with Gasteiger partial charge in [-0.1, -0.05) is 133 Å². The molecule has 0 radical (unpaired) electrons. The molecule has 0 amide bonds. The van der Waals surface area contributed by atoms with E-state index in [-0.39, 0.29) is 0 Å². The second-order valence-corrected chi connectivity index (χ2v) is 12.9. The molecule has 0 saturated heterocycles. The van der Waals surface area contributed by atoms with Crippen molar-refractivity contribution in [1.29, 1.82) is 0 Å². The van der Waals surface area contributed by atoms with E-state index in [2.05, 4.69) is 175 Å². The van der Waals surface area contributed by atoms with Crippen LogP contribution >= 0.6 is 0 Å². The molecule has 0 bridgehead atoms. The Morgan fingerprint density at radius 1 is 0.388 bits per heavy atom. The number of hydrogen-bond donors (Lipinski definition) is 0. The molecule has 10 rings (SSSR count). The highest BCUT2D eigenvalue weighted by Gasteiger charge is 2.23. The van der Waals surface area contributed by atoms with Crippen LogP contribution < -0.4 is 4.90 Å². The molecule has 0 saturated carbocycles. The normalized spacial score (nSPS) is 12.0. The zero-order chi connectivity index (χ0) is 32.3. The Kier molecular flexibility index (Phi) is 6.28. The Morgan fingerprint density at radius 3 is 1.84 bits per heavy atom. The summed E-state index contributed by atoms with van der Waals surface area (Å²) in [4.78, 5) is 2.43. The smallest absolute Gasteiger partial charge is 0.143 e. The van der Waals surface area contributed by atoms with Crippen molar-refractivity contribution in [3.63, 3.8) is 0 Å². The molecule has 1 aliphatic carbocycles. The monoisotopic (exact) mass is 625 g/mol. The van der Waals surface area contributed by atoms with Gasteiger partial charge < -0.3 is 9.32 Å². The summed E-state index contributed by atoms with van der Waals surface area (Å²) in [5.74, 6) is 0. The lowest BCUT2D eigenvalue weighted by Crippen LogP contribution is -2.11. The number of hydrogen-bond acceptors (Lipinski definition) is 2. The maximum atomic E-state index is 6.53. The third-order valence-electron chi connectivity index (χ3n) is 10.1. The number of benzene rings is 8. The molecule has 0 N–H and O–H groups in total. The van der Waals surface area contributed by atoms with E-state index in [1.165, 1.54) is 44.5 Å². The Bertz CT molecular complexity index is 2690. The number of anilines is 3. The van der Waals surface area contributed by atoms with Crippen molar-refractivity contribution < 1.29 is 4.42 Å². The Morgan fingerprint density at radius 2 is 1.00 bits per heavy atom. The van der Waals surface area contributed by atoms with Crippen molar-refractivity contribution in [3.05, 3.63) is 187 Å². The molecule has 8 aromatic carbocycles. The summed E-state index contributed by atoms with van der Waals surface area (Å²) in [5.41, 5.74) is 15.4. The molecular weight excluding hydrogens is 595 g/mol. The fraction of sp³-hybridized carbons (Fsp3) is 0.0213. The van der Waals surface area contributed by atoms with Crippen LogP contribution in [0, 0.1) is 0 Å². The van der Waals surface area contributed by atoms with Crippen LogP contribution in [-0.4, -0.2) is 0 Å². The minimum Gasteiger partial charge on any atom is -0.455 e. The maximum Gasteiger partial charge on any atom is 0.143 e. The Labute approximate surface area is 285 Å². The summed E-state index contributed by atoms with van der Waals surface area (Å²) >= 11 is 0. The topological polar surface area (TPSA) is 16.4 Å². The van der Waals surface area contributed by atoms with Crippen LogP contribution in [0.5, 0.6) is 0 Å². The second-order valence-electron chi connectivity index (χ2n) is 12.9. The highest BCUT2D eigenvalue weighted by Crippen LogP contribution is 2.46. The minimum absolute atomic E-state index is 0.912. The van der Waals surface area contributed by atoms with Crippen LogP contribution in [0.3, 0.4) is 0 Å². The number of furan rings is 1. The van der Waals surface area contributed by atoms with Crippen LogP contribution in [0.4, 0.5) is 17.1 Å². The maximum absolute atomic E-state index is 6.53. The van der Waals surface area contributed by atoms with Gasteiger partial charge in [0, 0.05) is 32.9 Å². The van der Waals surface area contributed by atoms with Gasteiger partial charge in [0.05, 0.1) is 5.69 Å². The molecule has 1 aliphatic rings. The van der Waals surface area contributed by atoms with Crippen LogP contribution in [0.2, 0.25) is 0 Å². The first kappa shape index (κ1) is 27.7. The molecule has 0 aliphatic heterocycles. The van der Waals surface area contributed by atoms with E-state index in [1.54, 1.807) is 0 Å². The summed E-state index contributed by atoms with van der Waals surface area (Å²) in [5, 5.41) is 4.53. The fourth-order valence-electron chi connectivity index (χ4n) is 7.81. The van der Waals surface area contributed by atoms with E-state index in [4.69, 9.17) is 4.42 Å². The molecule has 1 aromatic heterocycles. The van der Waals surface area contributed by atoms with Crippen molar-refractivity contribution in [1.82, 2.24) is 0 Å². The van der Waals surface area contributed by atoms with Gasteiger partial charge in [0.1, 0.15) is 11.2 Å². The predicted octanol–water partition coefficient (Wildman–Crippen LogP) is 13.1. The highest BCUT2D eigenvalue weighted by atomic mass is 16.3. The number of para-hydroxylation sites is 1. The van der Waals surface area contributed by atoms with Gasteiger partial charge >= 0.3 is 0 Å². The molecule has 0 unspecified atom stereocenters. The van der Waals surface area contributed by atoms with Gasteiger partial charge in [0.15, 0.2) is 0 Å². The van der Waals surface area contributed by atoms with Crippen LogP contribution in [0.15, 0.2) is 180 Å². The number of rotatable bonds is 5. The third-order valence-corrected chi connectivity index (χ3v) is 10.1. The zero-order valence-corrected chi connectivity index (χ0v) is 26.8. The quantitative estimate of drug-likeness (QED) is 0.189. The van der Waals surface area contributed by atoms with Gasteiger partial charge in [0.25, 0.3) is 0 Å². The summed E-state index contributed by atoms with van der Waals surface area (Å²) in [7, 11) is 0. The van der Waals surface area contributed by atoms with Crippen molar-refractivity contribution in [2.45, 2.75) is 6.42 Å². The highest BCUT2D eigenvalue weighted by molar-refractivity contribution is 6.17. The Balaban J connectivity index is 1.23. The second kappa shape index (κ2) is 11.1. The summed E-state index contributed by atoms with van der Waals surface area (Å²) in [6.45, 7) is 0. The van der Waals surface area contributed by atoms with E-state index in [9.17, 15) is 0 Å². The van der Waals surface area contributed by atoms with Gasteiger partial charge in [-0.3, -0.25) is 0 Å². The van der Waals surface area contributed by atoms with E-state index in [1.807, 2.05) is 6.07 Å². The molecule has 230 valence electrons. The van der Waals surface area contributed by atoms with E-state index in [0.717, 1.165) is 56.2 Å². The Hall–Kier alpha value is -6.38. The first-order valence-corrected chi connectivity index (χ1v) is 16.9. The van der Waals surface area contributed by atoms with Gasteiger partial charge in [-0.25, -0.2) is 0 Å². The van der Waals surface area contributed by atoms with Crippen molar-refractivity contribution in [2.75, 3.05) is 4.90 Å². The average molecular weight is 626 g/mol. The van der Waals surface area contributed by atoms with Crippen molar-refractivity contribution in [2.24, 2.45) is 0 Å². The summed E-state index contributed by atoms with van der Waals surface area (Å²) in [6.07, 6.45) is 0.935. The number of nitrogens with zero attached hydrogens (tertiary/aromatic N) is 1. The van der Waals surface area contributed by atoms with Crippen LogP contribution in [0.25, 0.3) is 66.1 Å². The predicted molar refractivity (Wildman–Crippen MR) is 205 cm³/mol. The molecule has 1 heterocycles. The van der Waals surface area contributed by atoms with Crippen LogP contribution in [0.1, 0.15) is 11.1 Å². The first-order chi connectivity index (χ1) is 24.3. The third kappa shape index (κ3) is 4.49. The van der Waals surface area contributed by atoms with E-state index >= 15 is 0 Å². The summed E-state index contributed by atoms with van der Waals surface area (Å²) in [6, 6.07) is 63.5. The molecule has 0 spiro atoms. The fourth-order valence-corrected chi connectivity index (χ4v) is 7.81. The molecule has 9 aromatic rings. The number of fused-ring (bicyclic) bond motifs is 8. The van der Waals surface area contributed by atoms with Gasteiger partial charge in [-0.2, -0.15) is 0 Å². The molecule has 0 atom stereocenters. The lowest BCUT2D eigenvalue weighted by molar-refractivity contribution is 0.672. The standard InChI is InChI=1S/C47H31NO/c1-3-12-31(13-4-1)38-24-23-36(30-44(38)32-14-5-2-6-15-32)48(35-22-25-39-34(29-35)28-33-16-7-8-17-37(33)39)45-20-11-19-42-40(45)26-27-43-41-18-9-10-21-46(41)49-47(42)43/h1-27,29-30H,28H2. The largest absolute Gasteiger partial charge is 0.455 e. The van der Waals surface area contributed by atoms with E-state index in [0.29, 0.717) is 0 Å². The van der Waals surface area contributed by atoms with Gasteiger partial charge in [-0.15, -0.1) is 0 Å². The van der Waals surface area contributed by atoms with Crippen molar-refractivity contribution in [3.8, 4) is 33.4 Å². The van der Waals surface area contributed by atoms with Crippen LogP contribution in [-0.2, 0) is 6.42 Å². The lowest BCUT2D eigenvalue weighted by atomic mass is 9.93. The van der Waals surface area contributed by atoms with Crippen molar-refractivity contribution >= 4 is 49.8 Å². The zero-order valence-electron chi connectivity index (χ0n) is 26.8. The first-order valence-electron chi connectivity index (χ1n) is 16.9. The summed E-state index contributed by atoms with van der Waals surface area (Å²) < 4.78 is 6.53.